The Labute approximate surface area is 179 Å². The molecule has 0 aromatic heterocycles. The first kappa shape index (κ1) is 24.8. The molecule has 0 radical (unpaired) electrons. The molecular weight excluding hydrogens is 415 g/mol. The number of amides is 1. The molecule has 7 nitrogen and oxygen atoms in total. The number of benzene rings is 1. The number of alkyl halides is 3. The molecule has 31 heavy (non-hydrogen) atoms. The van der Waals surface area contributed by atoms with E-state index in [1.165, 1.54) is 11.8 Å². The molecular formula is C21H30F3N3O4. The van der Waals surface area contributed by atoms with Gasteiger partial charge in [-0.2, -0.15) is 13.2 Å². The first-order valence-corrected chi connectivity index (χ1v) is 10.0. The molecule has 10 heteroatoms. The van der Waals surface area contributed by atoms with Crippen molar-refractivity contribution in [3.8, 4) is 0 Å². The second-order valence-corrected chi connectivity index (χ2v) is 8.91. The van der Waals surface area contributed by atoms with E-state index in [4.69, 9.17) is 10.5 Å². The maximum Gasteiger partial charge on any atom is 0.416 e. The van der Waals surface area contributed by atoms with Crippen molar-refractivity contribution < 1.29 is 32.6 Å². The minimum atomic E-state index is -4.72. The topological polar surface area (TPSA) is 96.1 Å². The first-order valence-electron chi connectivity index (χ1n) is 10.0. The summed E-state index contributed by atoms with van der Waals surface area (Å²) >= 11 is 0. The Bertz CT molecular complexity index is 850. The highest BCUT2D eigenvalue weighted by Crippen LogP contribution is 2.38. The quantitative estimate of drug-likeness (QED) is 0.677. The number of carbonyl (C=O) groups excluding carboxylic acids is 1. The zero-order valence-corrected chi connectivity index (χ0v) is 18.5. The van der Waals surface area contributed by atoms with Gasteiger partial charge in [-0.05, 0) is 64.3 Å². The number of likely N-dealkylation sites (N-methyl/N-ethyl adjacent to an activating group) is 1. The van der Waals surface area contributed by atoms with Crippen molar-refractivity contribution in [1.29, 1.82) is 0 Å². The molecule has 0 spiro atoms. The number of nitrogens with two attached hydrogens (primary N) is 1. The molecule has 1 fully saturated rings. The molecule has 1 amide bonds. The molecule has 0 bridgehead atoms. The number of hydrogen-bond acceptors (Lipinski definition) is 5. The Balaban J connectivity index is 2.29. The van der Waals surface area contributed by atoms with E-state index in [2.05, 4.69) is 0 Å². The van der Waals surface area contributed by atoms with E-state index in [1.807, 2.05) is 4.90 Å². The number of halogens is 3. The van der Waals surface area contributed by atoms with Crippen LogP contribution < -0.4 is 5.73 Å². The van der Waals surface area contributed by atoms with Crippen molar-refractivity contribution in [1.82, 2.24) is 9.80 Å². The number of anilines is 1. The van der Waals surface area contributed by atoms with Gasteiger partial charge in [0.15, 0.2) is 0 Å². The second kappa shape index (κ2) is 8.94. The number of piperidine rings is 1. The summed E-state index contributed by atoms with van der Waals surface area (Å²) in [5, 5.41) is 9.21. The summed E-state index contributed by atoms with van der Waals surface area (Å²) < 4.78 is 46.5. The monoisotopic (exact) mass is 445 g/mol. The van der Waals surface area contributed by atoms with Gasteiger partial charge in [0.2, 0.25) is 0 Å². The smallest absolute Gasteiger partial charge is 0.416 e. The molecule has 1 atom stereocenters. The molecule has 1 aliphatic heterocycles. The zero-order chi connectivity index (χ0) is 23.7. The van der Waals surface area contributed by atoms with E-state index < -0.39 is 35.0 Å². The van der Waals surface area contributed by atoms with Crippen LogP contribution >= 0.6 is 0 Å². The highest BCUT2D eigenvalue weighted by molar-refractivity contribution is 5.95. The van der Waals surface area contributed by atoms with Gasteiger partial charge in [0.05, 0.1) is 11.1 Å². The third-order valence-corrected chi connectivity index (χ3v) is 5.39. The van der Waals surface area contributed by atoms with Gasteiger partial charge in [-0.15, -0.1) is 0 Å². The van der Waals surface area contributed by atoms with E-state index >= 15 is 0 Å². The predicted octanol–water partition coefficient (Wildman–Crippen LogP) is 4.13. The molecule has 0 aliphatic carbocycles. The molecule has 174 valence electrons. The number of carboxylic acid groups (broad SMARTS) is 1. The van der Waals surface area contributed by atoms with Gasteiger partial charge in [-0.1, -0.05) is 0 Å². The van der Waals surface area contributed by atoms with Crippen molar-refractivity contribution in [3.05, 3.63) is 28.3 Å². The molecule has 1 heterocycles. The van der Waals surface area contributed by atoms with Gasteiger partial charge in [0.1, 0.15) is 5.60 Å². The Morgan fingerprint density at radius 2 is 1.94 bits per heavy atom. The molecule has 1 aromatic rings. The fraction of sp³-hybridized carbons (Fsp3) is 0.619. The van der Waals surface area contributed by atoms with E-state index in [-0.39, 0.29) is 29.4 Å². The molecule has 1 aromatic carbocycles. The van der Waals surface area contributed by atoms with Crippen molar-refractivity contribution in [2.75, 3.05) is 25.9 Å². The van der Waals surface area contributed by atoms with Gasteiger partial charge < -0.3 is 20.5 Å². The van der Waals surface area contributed by atoms with Gasteiger partial charge in [0, 0.05) is 31.9 Å². The fourth-order valence-electron chi connectivity index (χ4n) is 3.71. The van der Waals surface area contributed by atoms with Crippen LogP contribution in [0.4, 0.5) is 23.7 Å². The number of carbonyl (C=O) groups is 2. The number of hydrogen-bond donors (Lipinski definition) is 2. The second-order valence-electron chi connectivity index (χ2n) is 8.91. The summed E-state index contributed by atoms with van der Waals surface area (Å²) in [5.74, 6) is -1.50. The Kier molecular flexibility index (Phi) is 7.14. The standard InChI is InChI=1S/C21H30F3N3O4/c1-12-15(16(21(22,23)24)9-14(17(12)25)18(28)29)11-27-8-6-7-13(10-27)26(5)19(30)31-20(2,3)4/h9,13H,6-8,10-11,25H2,1-5H3,(H,28,29)/t13-/m0/s1. The average molecular weight is 445 g/mol. The Hall–Kier alpha value is -2.49. The summed E-state index contributed by atoms with van der Waals surface area (Å²) in [6.45, 7) is 7.56. The summed E-state index contributed by atoms with van der Waals surface area (Å²) in [5.41, 5.74) is 3.52. The van der Waals surface area contributed by atoms with Crippen molar-refractivity contribution in [2.24, 2.45) is 0 Å². The summed E-state index contributed by atoms with van der Waals surface area (Å²) in [4.78, 5) is 27.0. The van der Waals surface area contributed by atoms with Crippen LogP contribution in [0.3, 0.4) is 0 Å². The number of nitrogen functional groups attached to an aromatic ring is 1. The SMILES string of the molecule is Cc1c(N)c(C(=O)O)cc(C(F)(F)F)c1CN1CCC[C@H](N(C)C(=O)OC(C)(C)C)C1. The average Bonchev–Trinajstić information content (AvgIpc) is 2.62. The maximum absolute atomic E-state index is 13.7. The highest BCUT2D eigenvalue weighted by Gasteiger charge is 2.37. The molecule has 1 saturated heterocycles. The van der Waals surface area contributed by atoms with Crippen LogP contribution in [0, 0.1) is 6.92 Å². The van der Waals surface area contributed by atoms with Crippen LogP contribution in [-0.2, 0) is 17.5 Å². The van der Waals surface area contributed by atoms with Crippen LogP contribution in [0.5, 0.6) is 0 Å². The lowest BCUT2D eigenvalue weighted by atomic mass is 9.94. The van der Waals surface area contributed by atoms with Crippen molar-refractivity contribution >= 4 is 17.7 Å². The van der Waals surface area contributed by atoms with Crippen molar-refractivity contribution in [2.45, 2.75) is 64.9 Å². The number of likely N-dealkylation sites (tertiary alicyclic amines) is 1. The van der Waals surface area contributed by atoms with E-state index in [9.17, 15) is 27.9 Å². The van der Waals surface area contributed by atoms with Crippen LogP contribution in [0.25, 0.3) is 0 Å². The van der Waals surface area contributed by atoms with Crippen LogP contribution in [0.1, 0.15) is 60.7 Å². The zero-order valence-electron chi connectivity index (χ0n) is 18.5. The minimum Gasteiger partial charge on any atom is -0.478 e. The molecule has 2 rings (SSSR count). The van der Waals surface area contributed by atoms with Crippen LogP contribution in [0.15, 0.2) is 6.07 Å². The normalized spacial score (nSPS) is 18.0. The lowest BCUT2D eigenvalue weighted by molar-refractivity contribution is -0.138. The molecule has 3 N–H and O–H groups in total. The Morgan fingerprint density at radius 3 is 2.45 bits per heavy atom. The van der Waals surface area contributed by atoms with E-state index in [1.54, 1.807) is 27.8 Å². The Morgan fingerprint density at radius 1 is 1.32 bits per heavy atom. The van der Waals surface area contributed by atoms with Crippen LogP contribution in [0.2, 0.25) is 0 Å². The maximum atomic E-state index is 13.7. The largest absolute Gasteiger partial charge is 0.478 e. The van der Waals surface area contributed by atoms with Crippen molar-refractivity contribution in [3.63, 3.8) is 0 Å². The number of carboxylic acids is 1. The van der Waals surface area contributed by atoms with Crippen LogP contribution in [-0.4, -0.2) is 58.7 Å². The number of aromatic carboxylic acids is 1. The molecule has 1 aliphatic rings. The van der Waals surface area contributed by atoms with E-state index in [0.717, 1.165) is 0 Å². The number of ether oxygens (including phenoxy) is 1. The molecule has 0 saturated carbocycles. The minimum absolute atomic E-state index is 0.0458. The van der Waals surface area contributed by atoms with Gasteiger partial charge in [-0.3, -0.25) is 4.90 Å². The lowest BCUT2D eigenvalue weighted by Gasteiger charge is -2.38. The highest BCUT2D eigenvalue weighted by atomic mass is 19.4. The lowest BCUT2D eigenvalue weighted by Crippen LogP contribution is -2.49. The fourth-order valence-corrected chi connectivity index (χ4v) is 3.71. The van der Waals surface area contributed by atoms with Gasteiger partial charge in [-0.25, -0.2) is 9.59 Å². The summed E-state index contributed by atoms with van der Waals surface area (Å²) in [7, 11) is 1.62. The summed E-state index contributed by atoms with van der Waals surface area (Å²) in [6.07, 6.45) is -3.81. The number of rotatable bonds is 4. The molecule has 0 unspecified atom stereocenters. The first-order chi connectivity index (χ1) is 14.1. The summed E-state index contributed by atoms with van der Waals surface area (Å²) in [6, 6.07) is 0.391. The van der Waals surface area contributed by atoms with Gasteiger partial charge in [0.25, 0.3) is 0 Å². The third-order valence-electron chi connectivity index (χ3n) is 5.39. The van der Waals surface area contributed by atoms with E-state index in [0.29, 0.717) is 32.0 Å². The van der Waals surface area contributed by atoms with Gasteiger partial charge >= 0.3 is 18.2 Å². The third kappa shape index (κ3) is 6.03. The predicted molar refractivity (Wildman–Crippen MR) is 110 cm³/mol. The number of nitrogens with zero attached hydrogens (tertiary/aromatic N) is 2.